The van der Waals surface area contributed by atoms with Crippen LogP contribution < -0.4 is 11.1 Å². The second kappa shape index (κ2) is 7.81. The van der Waals surface area contributed by atoms with E-state index in [2.05, 4.69) is 5.32 Å². The first-order valence-electron chi connectivity index (χ1n) is 8.20. The number of aliphatic hydroxyl groups excluding tert-OH is 1. The van der Waals surface area contributed by atoms with Crippen molar-refractivity contribution < 1.29 is 14.3 Å². The number of aryl methyl sites for hydroxylation is 1. The molecule has 0 saturated heterocycles. The Morgan fingerprint density at radius 1 is 1.12 bits per heavy atom. The Kier molecular flexibility index (Phi) is 5.30. The lowest BCUT2D eigenvalue weighted by Gasteiger charge is -2.12. The molecule has 2 aromatic carbocycles. The van der Waals surface area contributed by atoms with Crippen molar-refractivity contribution in [3.8, 4) is 0 Å². The van der Waals surface area contributed by atoms with E-state index in [1.54, 1.807) is 18.2 Å². The van der Waals surface area contributed by atoms with E-state index in [4.69, 9.17) is 4.42 Å². The van der Waals surface area contributed by atoms with Gasteiger partial charge in [0.05, 0.1) is 11.6 Å². The number of rotatable bonds is 7. The van der Waals surface area contributed by atoms with E-state index in [9.17, 15) is 14.7 Å². The first-order valence-corrected chi connectivity index (χ1v) is 8.20. The molecule has 130 valence electrons. The summed E-state index contributed by atoms with van der Waals surface area (Å²) in [6, 6.07) is 16.7. The molecule has 0 aliphatic rings. The van der Waals surface area contributed by atoms with Gasteiger partial charge in [-0.05, 0) is 17.7 Å². The zero-order valence-corrected chi connectivity index (χ0v) is 13.7. The summed E-state index contributed by atoms with van der Waals surface area (Å²) in [6.07, 6.45) is -0.0298. The molecule has 25 heavy (non-hydrogen) atoms. The number of nitrogens with one attached hydrogen (secondary N) is 1. The monoisotopic (exact) mass is 340 g/mol. The molecule has 6 nitrogen and oxygen atoms in total. The Hall–Kier alpha value is -2.86. The third-order valence-corrected chi connectivity index (χ3v) is 3.99. The van der Waals surface area contributed by atoms with E-state index < -0.39 is 11.9 Å². The number of oxazole rings is 1. The lowest BCUT2D eigenvalue weighted by Crippen LogP contribution is -2.34. The smallest absolute Gasteiger partial charge is 0.408 e. The summed E-state index contributed by atoms with van der Waals surface area (Å²) in [5.41, 5.74) is 2.19. The molecule has 1 heterocycles. The van der Waals surface area contributed by atoms with E-state index in [-0.39, 0.29) is 25.4 Å². The van der Waals surface area contributed by atoms with Gasteiger partial charge in [0.15, 0.2) is 5.58 Å². The molecule has 0 bridgehead atoms. The van der Waals surface area contributed by atoms with Gasteiger partial charge in [-0.25, -0.2) is 4.79 Å². The largest absolute Gasteiger partial charge is 0.419 e. The van der Waals surface area contributed by atoms with Gasteiger partial charge in [0.25, 0.3) is 0 Å². The summed E-state index contributed by atoms with van der Waals surface area (Å²) < 4.78 is 6.57. The second-order valence-electron chi connectivity index (χ2n) is 5.88. The molecule has 0 fully saturated rings. The number of nitrogens with zero attached hydrogens (tertiary/aromatic N) is 1. The minimum atomic E-state index is -0.649. The van der Waals surface area contributed by atoms with Crippen molar-refractivity contribution in [3.63, 3.8) is 0 Å². The molecule has 0 saturated carbocycles. The topological polar surface area (TPSA) is 84.5 Å². The maximum atomic E-state index is 12.0. The number of para-hydroxylation sites is 2. The van der Waals surface area contributed by atoms with Gasteiger partial charge >= 0.3 is 5.76 Å². The summed E-state index contributed by atoms with van der Waals surface area (Å²) in [6.45, 7) is 0.408. The van der Waals surface area contributed by atoms with Crippen LogP contribution in [0.25, 0.3) is 11.1 Å². The molecule has 1 unspecified atom stereocenters. The predicted molar refractivity (Wildman–Crippen MR) is 94.3 cm³/mol. The van der Waals surface area contributed by atoms with Crippen LogP contribution in [-0.4, -0.2) is 28.2 Å². The molecule has 2 N–H and O–H groups in total. The molecule has 0 radical (unpaired) electrons. The number of carbonyl (C=O) groups excluding carboxylic acids is 1. The minimum absolute atomic E-state index is 0.140. The highest BCUT2D eigenvalue weighted by Gasteiger charge is 2.11. The van der Waals surface area contributed by atoms with Crippen LogP contribution in [0.15, 0.2) is 63.8 Å². The van der Waals surface area contributed by atoms with Crippen LogP contribution in [0.4, 0.5) is 0 Å². The zero-order valence-electron chi connectivity index (χ0n) is 13.7. The normalized spacial score (nSPS) is 12.2. The van der Waals surface area contributed by atoms with Gasteiger partial charge in [-0.15, -0.1) is 0 Å². The van der Waals surface area contributed by atoms with E-state index in [0.717, 1.165) is 5.56 Å². The number of aromatic nitrogens is 1. The molecule has 3 aromatic rings. The number of hydrogen-bond donors (Lipinski definition) is 2. The Labute approximate surface area is 144 Å². The first kappa shape index (κ1) is 17.0. The van der Waals surface area contributed by atoms with Gasteiger partial charge in [0.2, 0.25) is 5.91 Å². The van der Waals surface area contributed by atoms with Crippen LogP contribution in [0, 0.1) is 0 Å². The van der Waals surface area contributed by atoms with Crippen molar-refractivity contribution >= 4 is 17.0 Å². The fourth-order valence-electron chi connectivity index (χ4n) is 2.72. The maximum Gasteiger partial charge on any atom is 0.419 e. The lowest BCUT2D eigenvalue weighted by atomic mass is 10.1. The number of fused-ring (bicyclic) bond motifs is 1. The van der Waals surface area contributed by atoms with Gasteiger partial charge in [0.1, 0.15) is 0 Å². The third kappa shape index (κ3) is 4.36. The van der Waals surface area contributed by atoms with Crippen LogP contribution in [0.2, 0.25) is 0 Å². The predicted octanol–water partition coefficient (Wildman–Crippen LogP) is 1.70. The number of benzene rings is 2. The van der Waals surface area contributed by atoms with Crippen LogP contribution in [0.5, 0.6) is 0 Å². The Bertz CT molecular complexity index is 898. The van der Waals surface area contributed by atoms with Crippen molar-refractivity contribution in [2.75, 3.05) is 6.54 Å². The zero-order chi connectivity index (χ0) is 17.6. The fraction of sp³-hybridized carbons (Fsp3) is 0.263. The summed E-state index contributed by atoms with van der Waals surface area (Å²) in [4.78, 5) is 23.8. The van der Waals surface area contributed by atoms with Gasteiger partial charge in [-0.2, -0.15) is 0 Å². The van der Waals surface area contributed by atoms with E-state index in [0.29, 0.717) is 17.5 Å². The molecular weight excluding hydrogens is 320 g/mol. The van der Waals surface area contributed by atoms with Crippen LogP contribution in [0.1, 0.15) is 12.0 Å². The number of aliphatic hydroxyl groups is 1. The quantitative estimate of drug-likeness (QED) is 0.686. The fourth-order valence-corrected chi connectivity index (χ4v) is 2.72. The highest BCUT2D eigenvalue weighted by molar-refractivity contribution is 5.76. The Morgan fingerprint density at radius 3 is 2.64 bits per heavy atom. The standard InChI is InChI=1S/C19H20N2O4/c22-15(12-14-6-2-1-3-7-14)13-20-18(23)10-11-21-16-8-4-5-9-17(16)25-19(21)24/h1-9,15,22H,10-13H2,(H,20,23). The highest BCUT2D eigenvalue weighted by Crippen LogP contribution is 2.11. The van der Waals surface area contributed by atoms with Crippen molar-refractivity contribution in [2.45, 2.75) is 25.5 Å². The highest BCUT2D eigenvalue weighted by atomic mass is 16.4. The molecule has 3 rings (SSSR count). The molecule has 1 amide bonds. The lowest BCUT2D eigenvalue weighted by molar-refractivity contribution is -0.121. The van der Waals surface area contributed by atoms with Gasteiger partial charge in [-0.1, -0.05) is 42.5 Å². The number of carbonyl (C=O) groups is 1. The SMILES string of the molecule is O=C(CCn1c(=O)oc2ccccc21)NCC(O)Cc1ccccc1. The summed E-state index contributed by atoms with van der Waals surface area (Å²) in [5, 5.41) is 12.7. The molecule has 0 spiro atoms. The summed E-state index contributed by atoms with van der Waals surface area (Å²) in [5.74, 6) is -0.692. The average Bonchev–Trinajstić information content (AvgIpc) is 2.94. The van der Waals surface area contributed by atoms with Crippen LogP contribution >= 0.6 is 0 Å². The van der Waals surface area contributed by atoms with Crippen LogP contribution in [-0.2, 0) is 17.8 Å². The third-order valence-electron chi connectivity index (χ3n) is 3.99. The van der Waals surface area contributed by atoms with Crippen molar-refractivity contribution in [1.82, 2.24) is 9.88 Å². The summed E-state index contributed by atoms with van der Waals surface area (Å²) in [7, 11) is 0. The molecule has 0 aliphatic carbocycles. The minimum Gasteiger partial charge on any atom is -0.408 e. The first-order chi connectivity index (χ1) is 12.1. The second-order valence-corrected chi connectivity index (χ2v) is 5.88. The molecule has 6 heteroatoms. The maximum absolute atomic E-state index is 12.0. The Morgan fingerprint density at radius 2 is 1.84 bits per heavy atom. The van der Waals surface area contributed by atoms with Crippen LogP contribution in [0.3, 0.4) is 0 Å². The Balaban J connectivity index is 1.49. The van der Waals surface area contributed by atoms with Crippen molar-refractivity contribution in [1.29, 1.82) is 0 Å². The number of amides is 1. The number of hydrogen-bond acceptors (Lipinski definition) is 4. The average molecular weight is 340 g/mol. The molecule has 1 aromatic heterocycles. The molecule has 0 aliphatic heterocycles. The van der Waals surface area contributed by atoms with E-state index >= 15 is 0 Å². The van der Waals surface area contributed by atoms with Crippen molar-refractivity contribution in [3.05, 3.63) is 70.7 Å². The van der Waals surface area contributed by atoms with Crippen molar-refractivity contribution in [2.24, 2.45) is 0 Å². The van der Waals surface area contributed by atoms with Gasteiger partial charge < -0.3 is 14.8 Å². The van der Waals surface area contributed by atoms with E-state index in [1.165, 1.54) is 4.57 Å². The molecular formula is C19H20N2O4. The van der Waals surface area contributed by atoms with E-state index in [1.807, 2.05) is 36.4 Å². The summed E-state index contributed by atoms with van der Waals surface area (Å²) >= 11 is 0. The van der Waals surface area contributed by atoms with Gasteiger partial charge in [-0.3, -0.25) is 9.36 Å². The molecule has 1 atom stereocenters. The van der Waals surface area contributed by atoms with Gasteiger partial charge in [0, 0.05) is 25.9 Å².